The van der Waals surface area contributed by atoms with Crippen LogP contribution in [0.5, 0.6) is 5.75 Å². The van der Waals surface area contributed by atoms with Gasteiger partial charge in [0.1, 0.15) is 11.6 Å². The summed E-state index contributed by atoms with van der Waals surface area (Å²) in [5, 5.41) is 4.29. The molecule has 84 valence electrons. The molecule has 0 atom stereocenters. The Kier molecular flexibility index (Phi) is 2.87. The van der Waals surface area contributed by atoms with Crippen LogP contribution >= 0.6 is 0 Å². The van der Waals surface area contributed by atoms with Gasteiger partial charge in [-0.05, 0) is 24.3 Å². The van der Waals surface area contributed by atoms with Crippen LogP contribution in [0.4, 0.5) is 0 Å². The Hall–Kier alpha value is -1.88. The monoisotopic (exact) mass is 218 g/mol. The van der Waals surface area contributed by atoms with E-state index in [0.717, 1.165) is 17.1 Å². The first-order chi connectivity index (χ1) is 7.74. The number of nitrogens with zero attached hydrogens (tertiary/aromatic N) is 3. The van der Waals surface area contributed by atoms with Crippen molar-refractivity contribution in [2.45, 2.75) is 6.54 Å². The number of aryl methyl sites for hydroxylation is 1. The highest BCUT2D eigenvalue weighted by Gasteiger charge is 2.07. The van der Waals surface area contributed by atoms with Crippen molar-refractivity contribution in [2.75, 3.05) is 7.11 Å². The lowest BCUT2D eigenvalue weighted by molar-refractivity contribution is 0.415. The molecule has 0 fully saturated rings. The molecule has 0 saturated carbocycles. The predicted molar refractivity (Wildman–Crippen MR) is 60.9 cm³/mol. The maximum atomic E-state index is 5.54. The van der Waals surface area contributed by atoms with E-state index in [1.807, 2.05) is 31.3 Å². The number of rotatable bonds is 3. The van der Waals surface area contributed by atoms with Gasteiger partial charge in [-0.15, -0.1) is 0 Å². The van der Waals surface area contributed by atoms with Crippen molar-refractivity contribution in [1.82, 2.24) is 14.8 Å². The van der Waals surface area contributed by atoms with Crippen LogP contribution < -0.4 is 10.5 Å². The summed E-state index contributed by atoms with van der Waals surface area (Å²) in [7, 11) is 3.47. The third-order valence-electron chi connectivity index (χ3n) is 2.38. The van der Waals surface area contributed by atoms with Crippen molar-refractivity contribution in [3.05, 3.63) is 30.1 Å². The fourth-order valence-corrected chi connectivity index (χ4v) is 1.46. The van der Waals surface area contributed by atoms with Gasteiger partial charge in [0, 0.05) is 12.6 Å². The van der Waals surface area contributed by atoms with Gasteiger partial charge in [-0.2, -0.15) is 5.10 Å². The largest absolute Gasteiger partial charge is 0.497 e. The average molecular weight is 218 g/mol. The number of ether oxygens (including phenoxy) is 1. The van der Waals surface area contributed by atoms with E-state index in [1.165, 1.54) is 0 Å². The van der Waals surface area contributed by atoms with Crippen molar-refractivity contribution < 1.29 is 4.74 Å². The van der Waals surface area contributed by atoms with Crippen LogP contribution in [0.3, 0.4) is 0 Å². The van der Waals surface area contributed by atoms with Crippen molar-refractivity contribution >= 4 is 0 Å². The predicted octanol–water partition coefficient (Wildman–Crippen LogP) is 0.949. The Labute approximate surface area is 93.9 Å². The fraction of sp³-hybridized carbons (Fsp3) is 0.273. The molecule has 0 aliphatic heterocycles. The Morgan fingerprint density at radius 3 is 2.50 bits per heavy atom. The van der Waals surface area contributed by atoms with Crippen molar-refractivity contribution in [3.8, 4) is 17.1 Å². The summed E-state index contributed by atoms with van der Waals surface area (Å²) in [6, 6.07) is 7.62. The molecule has 1 aromatic heterocycles. The summed E-state index contributed by atoms with van der Waals surface area (Å²) in [6.07, 6.45) is 0. The molecule has 0 bridgehead atoms. The summed E-state index contributed by atoms with van der Waals surface area (Å²) < 4.78 is 6.78. The molecule has 5 heteroatoms. The van der Waals surface area contributed by atoms with Gasteiger partial charge in [-0.25, -0.2) is 4.98 Å². The minimum absolute atomic E-state index is 0.389. The second kappa shape index (κ2) is 4.32. The fourth-order valence-electron chi connectivity index (χ4n) is 1.46. The van der Waals surface area contributed by atoms with Gasteiger partial charge in [0.25, 0.3) is 0 Å². The molecule has 0 amide bonds. The van der Waals surface area contributed by atoms with Gasteiger partial charge in [0.05, 0.1) is 13.7 Å². The van der Waals surface area contributed by atoms with Crippen molar-refractivity contribution in [1.29, 1.82) is 0 Å². The van der Waals surface area contributed by atoms with Crippen LogP contribution in [0.15, 0.2) is 24.3 Å². The van der Waals surface area contributed by atoms with Gasteiger partial charge in [-0.3, -0.25) is 4.68 Å². The molecular weight excluding hydrogens is 204 g/mol. The molecule has 16 heavy (non-hydrogen) atoms. The third-order valence-corrected chi connectivity index (χ3v) is 2.38. The molecule has 2 N–H and O–H groups in total. The number of benzene rings is 1. The first-order valence-corrected chi connectivity index (χ1v) is 4.99. The zero-order chi connectivity index (χ0) is 11.5. The lowest BCUT2D eigenvalue weighted by atomic mass is 10.2. The van der Waals surface area contributed by atoms with Crippen LogP contribution in [0.1, 0.15) is 5.82 Å². The first kappa shape index (κ1) is 10.6. The van der Waals surface area contributed by atoms with Gasteiger partial charge < -0.3 is 10.5 Å². The second-order valence-electron chi connectivity index (χ2n) is 3.41. The summed E-state index contributed by atoms with van der Waals surface area (Å²) >= 11 is 0. The summed E-state index contributed by atoms with van der Waals surface area (Å²) in [6.45, 7) is 0.389. The molecule has 0 spiro atoms. The van der Waals surface area contributed by atoms with Crippen LogP contribution in [0.25, 0.3) is 11.4 Å². The third kappa shape index (κ3) is 1.90. The van der Waals surface area contributed by atoms with Crippen molar-refractivity contribution in [2.24, 2.45) is 12.8 Å². The maximum absolute atomic E-state index is 5.54. The van der Waals surface area contributed by atoms with E-state index in [4.69, 9.17) is 10.5 Å². The van der Waals surface area contributed by atoms with Crippen LogP contribution in [-0.4, -0.2) is 21.9 Å². The Balaban J connectivity index is 2.34. The molecule has 2 rings (SSSR count). The highest BCUT2D eigenvalue weighted by molar-refractivity contribution is 5.55. The molecule has 0 saturated heterocycles. The van der Waals surface area contributed by atoms with Gasteiger partial charge in [-0.1, -0.05) is 0 Å². The van der Waals surface area contributed by atoms with Gasteiger partial charge in [0.2, 0.25) is 0 Å². The molecule has 0 unspecified atom stereocenters. The lowest BCUT2D eigenvalue weighted by Gasteiger charge is -1.99. The molecular formula is C11H14N4O. The van der Waals surface area contributed by atoms with E-state index in [-0.39, 0.29) is 0 Å². The number of hydrogen-bond acceptors (Lipinski definition) is 4. The van der Waals surface area contributed by atoms with Crippen LogP contribution in [0, 0.1) is 0 Å². The highest BCUT2D eigenvalue weighted by atomic mass is 16.5. The van der Waals surface area contributed by atoms with Crippen molar-refractivity contribution in [3.63, 3.8) is 0 Å². The Bertz CT molecular complexity index is 475. The van der Waals surface area contributed by atoms with E-state index >= 15 is 0 Å². The van der Waals surface area contributed by atoms with E-state index in [2.05, 4.69) is 10.1 Å². The summed E-state index contributed by atoms with van der Waals surface area (Å²) in [4.78, 5) is 4.34. The Morgan fingerprint density at radius 2 is 2.00 bits per heavy atom. The molecule has 0 radical (unpaired) electrons. The number of hydrogen-bond donors (Lipinski definition) is 1. The molecule has 2 aromatic rings. The smallest absolute Gasteiger partial charge is 0.181 e. The quantitative estimate of drug-likeness (QED) is 0.833. The zero-order valence-electron chi connectivity index (χ0n) is 9.34. The minimum Gasteiger partial charge on any atom is -0.497 e. The lowest BCUT2D eigenvalue weighted by Crippen LogP contribution is -2.05. The second-order valence-corrected chi connectivity index (χ2v) is 3.41. The van der Waals surface area contributed by atoms with E-state index in [0.29, 0.717) is 12.4 Å². The Morgan fingerprint density at radius 1 is 1.31 bits per heavy atom. The molecule has 0 aliphatic rings. The normalized spacial score (nSPS) is 10.4. The van der Waals surface area contributed by atoms with Gasteiger partial charge in [0.15, 0.2) is 5.82 Å². The molecule has 1 aromatic carbocycles. The summed E-state index contributed by atoms with van der Waals surface area (Å²) in [5.74, 6) is 2.27. The standard InChI is InChI=1S/C11H14N4O/c1-15-10(7-12)13-11(14-15)8-3-5-9(16-2)6-4-8/h3-6H,7,12H2,1-2H3. The minimum atomic E-state index is 0.389. The van der Waals surface area contributed by atoms with Gasteiger partial charge >= 0.3 is 0 Å². The van der Waals surface area contributed by atoms with E-state index in [9.17, 15) is 0 Å². The van der Waals surface area contributed by atoms with E-state index < -0.39 is 0 Å². The zero-order valence-corrected chi connectivity index (χ0v) is 9.34. The summed E-state index contributed by atoms with van der Waals surface area (Å²) in [5.41, 5.74) is 6.50. The van der Waals surface area contributed by atoms with Crippen LogP contribution in [0.2, 0.25) is 0 Å². The highest BCUT2D eigenvalue weighted by Crippen LogP contribution is 2.19. The topological polar surface area (TPSA) is 66.0 Å². The molecule has 1 heterocycles. The number of methoxy groups -OCH3 is 1. The molecule has 0 aliphatic carbocycles. The number of nitrogens with two attached hydrogens (primary N) is 1. The first-order valence-electron chi connectivity index (χ1n) is 4.99. The number of aromatic nitrogens is 3. The average Bonchev–Trinajstić information content (AvgIpc) is 2.71. The maximum Gasteiger partial charge on any atom is 0.181 e. The van der Waals surface area contributed by atoms with Crippen LogP contribution in [-0.2, 0) is 13.6 Å². The van der Waals surface area contributed by atoms with E-state index in [1.54, 1.807) is 11.8 Å². The SMILES string of the molecule is COc1ccc(-c2nc(CN)n(C)n2)cc1. The molecule has 5 nitrogen and oxygen atoms in total.